The van der Waals surface area contributed by atoms with Crippen molar-refractivity contribution in [1.29, 1.82) is 0 Å². The van der Waals surface area contributed by atoms with Crippen molar-refractivity contribution in [1.82, 2.24) is 0 Å². The number of benzene rings is 4. The monoisotopic (exact) mass is 836 g/mol. The van der Waals surface area contributed by atoms with E-state index in [9.17, 15) is 0 Å². The van der Waals surface area contributed by atoms with Crippen molar-refractivity contribution in [2.24, 2.45) is 0 Å². The zero-order chi connectivity index (χ0) is 29.6. The maximum atomic E-state index is 2.35. The van der Waals surface area contributed by atoms with Crippen LogP contribution in [0.3, 0.4) is 0 Å². The predicted octanol–water partition coefficient (Wildman–Crippen LogP) is 9.02. The van der Waals surface area contributed by atoms with E-state index in [0.29, 0.717) is 0 Å². The van der Waals surface area contributed by atoms with Crippen molar-refractivity contribution in [2.75, 3.05) is 0 Å². The fourth-order valence-corrected chi connectivity index (χ4v) is 14.7. The normalized spacial score (nSPS) is 10.8. The third-order valence-corrected chi connectivity index (χ3v) is 15.8. The zero-order valence-corrected chi connectivity index (χ0v) is 32.6. The van der Waals surface area contributed by atoms with Gasteiger partial charge in [0.15, 0.2) is 0 Å². The Morgan fingerprint density at radius 3 is 0.884 bits per heavy atom. The van der Waals surface area contributed by atoms with Gasteiger partial charge in [0.25, 0.3) is 0 Å². The summed E-state index contributed by atoms with van der Waals surface area (Å²) in [5.41, 5.74) is 2.99. The van der Waals surface area contributed by atoms with Gasteiger partial charge in [-0.25, -0.2) is 0 Å². The first-order valence-corrected chi connectivity index (χ1v) is 23.6. The first-order chi connectivity index (χ1) is 20.5. The van der Waals surface area contributed by atoms with Crippen LogP contribution in [0.5, 0.6) is 0 Å². The average Bonchev–Trinajstić information content (AvgIpc) is 3.48. The molecule has 4 aromatic carbocycles. The van der Waals surface area contributed by atoms with E-state index in [1.165, 1.54) is 51.9 Å². The van der Waals surface area contributed by atoms with Crippen molar-refractivity contribution in [3.05, 3.63) is 148 Å². The molecule has 0 N–H and O–H groups in total. The van der Waals surface area contributed by atoms with E-state index in [1.54, 1.807) is 10.6 Å². The van der Waals surface area contributed by atoms with Crippen molar-refractivity contribution in [2.45, 2.75) is 27.7 Å². The Morgan fingerprint density at radius 1 is 0.419 bits per heavy atom. The Labute approximate surface area is 289 Å². The van der Waals surface area contributed by atoms with E-state index in [4.69, 9.17) is 0 Å². The topological polar surface area (TPSA) is 0 Å². The van der Waals surface area contributed by atoms with E-state index in [-0.39, 0.29) is 7.43 Å². The molecule has 0 radical (unpaired) electrons. The molecule has 2 aromatic heterocycles. The second kappa shape index (κ2) is 16.2. The van der Waals surface area contributed by atoms with Crippen LogP contribution in [0.15, 0.2) is 121 Å². The van der Waals surface area contributed by atoms with Crippen LogP contribution in [0.1, 0.15) is 19.5 Å². The van der Waals surface area contributed by atoms with Crippen LogP contribution in [0.4, 0.5) is 0 Å². The number of aryl methyl sites for hydroxylation is 4. The first kappa shape index (κ1) is 34.4. The fourth-order valence-electron chi connectivity index (χ4n) is 5.90. The Morgan fingerprint density at radius 2 is 0.651 bits per heavy atom. The fraction of sp³-hybridized carbons (Fsp3) is 0.108. The quantitative estimate of drug-likeness (QED) is 0.0653. The molecule has 43 heavy (non-hydrogen) atoms. The van der Waals surface area contributed by atoms with E-state index in [0.717, 1.165) is 0 Å². The van der Waals surface area contributed by atoms with Crippen LogP contribution in [0, 0.1) is 35.1 Å². The van der Waals surface area contributed by atoms with Crippen LogP contribution < -0.4 is 31.8 Å². The van der Waals surface area contributed by atoms with Crippen LogP contribution in [0.2, 0.25) is 0 Å². The summed E-state index contributed by atoms with van der Waals surface area (Å²) < 4.78 is 0. The molecule has 0 fully saturated rings. The Kier molecular flexibility index (Phi) is 12.9. The molecular formula is C37H37IP2RuS2+2. The number of hydrogen-bond acceptors (Lipinski definition) is 2. The van der Waals surface area contributed by atoms with Crippen molar-refractivity contribution in [3.8, 4) is 11.1 Å². The molecule has 6 aromatic rings. The molecule has 0 saturated carbocycles. The van der Waals surface area contributed by atoms with Crippen LogP contribution in [-0.4, -0.2) is 0 Å². The third kappa shape index (κ3) is 7.33. The molecule has 2 heterocycles. The number of hydrogen-bond donors (Lipinski definition) is 0. The summed E-state index contributed by atoms with van der Waals surface area (Å²) in [5, 5.41) is 8.92. The van der Waals surface area contributed by atoms with Gasteiger partial charge in [-0.1, -0.05) is 72.8 Å². The molecule has 0 saturated heterocycles. The van der Waals surface area contributed by atoms with Crippen LogP contribution in [-0.2, 0) is 14.8 Å². The summed E-state index contributed by atoms with van der Waals surface area (Å²) in [6, 6.07) is 44.9. The van der Waals surface area contributed by atoms with Crippen molar-refractivity contribution >= 4 is 90.1 Å². The second-order valence-electron chi connectivity index (χ2n) is 10.1. The molecule has 0 atom stereocenters. The molecule has 0 spiro atoms. The number of thiophene rings is 2. The molecule has 0 nitrogen and oxygen atoms in total. The molecule has 220 valence electrons. The summed E-state index contributed by atoms with van der Waals surface area (Å²) in [6.45, 7) is 9.39. The molecule has 6 rings (SSSR count). The van der Waals surface area contributed by atoms with Gasteiger partial charge in [-0.2, -0.15) is 0 Å². The first-order valence-electron chi connectivity index (χ1n) is 13.8. The van der Waals surface area contributed by atoms with Gasteiger partial charge in [-0.05, 0) is 76.2 Å². The van der Waals surface area contributed by atoms with Gasteiger partial charge in [0.1, 0.15) is 47.7 Å². The van der Waals surface area contributed by atoms with E-state index < -0.39 is 15.8 Å². The summed E-state index contributed by atoms with van der Waals surface area (Å²) in [7, 11) is -2.43. The number of halogens is 1. The zero-order valence-electron chi connectivity index (χ0n) is 25.1. The van der Waals surface area contributed by atoms with Crippen molar-refractivity contribution in [3.63, 3.8) is 0 Å². The number of rotatable bonds is 7. The summed E-state index contributed by atoms with van der Waals surface area (Å²) >= 11 is 8.36. The molecule has 0 amide bonds. The van der Waals surface area contributed by atoms with Crippen LogP contribution >= 0.6 is 58.3 Å². The van der Waals surface area contributed by atoms with Crippen LogP contribution in [0.25, 0.3) is 11.1 Å². The standard InChI is InChI=1S/C36H32P2S2.CH3.HI.Ru/c1-25-33(35(27(3)39-25)37(29-17-9-5-10-18-29)30-19-11-6-12-20-30)34-26(2)40-28(4)36(34)38(31-21-13-7-14-22-31)32-23-15-8-16-24-32;;;/h5-24H,1-4H3;1H3;1H;/q;-1;;+2/p+1. The van der Waals surface area contributed by atoms with Gasteiger partial charge in [-0.3, -0.25) is 0 Å². The van der Waals surface area contributed by atoms with Crippen molar-refractivity contribution < 1.29 is 14.8 Å². The Balaban J connectivity index is 0.00000138. The SMILES string of the molecule is Cc1sc(C)c([PH+](c2ccccc2)c2ccccc2)c1-c1c(C)sc(C)c1[PH+](c1ccccc1)c1ccccc1.[CH3-].[Ru+][I]. The molecule has 0 bridgehead atoms. The van der Waals surface area contributed by atoms with Gasteiger partial charge < -0.3 is 7.43 Å². The van der Waals surface area contributed by atoms with E-state index >= 15 is 0 Å². The third-order valence-electron chi connectivity index (χ3n) is 7.52. The molecule has 0 aliphatic rings. The van der Waals surface area contributed by atoms with Gasteiger partial charge in [0.05, 0.1) is 0 Å². The van der Waals surface area contributed by atoms with E-state index in [2.05, 4.69) is 184 Å². The predicted molar refractivity (Wildman–Crippen MR) is 207 cm³/mol. The molecule has 0 aliphatic heterocycles. The van der Waals surface area contributed by atoms with E-state index in [1.807, 2.05) is 22.7 Å². The Hall–Kier alpha value is -1.51. The summed E-state index contributed by atoms with van der Waals surface area (Å²) in [5.74, 6) is 0. The molecule has 0 aliphatic carbocycles. The minimum atomic E-state index is -1.21. The van der Waals surface area contributed by atoms with Gasteiger partial charge in [-0.15, -0.1) is 22.7 Å². The average molecular weight is 836 g/mol. The summed E-state index contributed by atoms with van der Waals surface area (Å²) in [4.78, 5) is 5.78. The summed E-state index contributed by atoms with van der Waals surface area (Å²) in [6.07, 6.45) is 0. The molecule has 0 unspecified atom stereocenters. The molecule has 6 heteroatoms. The molecular weight excluding hydrogens is 798 g/mol. The Bertz CT molecular complexity index is 1520. The maximum absolute atomic E-state index is 2.35. The van der Waals surface area contributed by atoms with Gasteiger partial charge in [0, 0.05) is 30.6 Å². The minimum absolute atomic E-state index is 0. The van der Waals surface area contributed by atoms with Gasteiger partial charge >= 0.3 is 34.5 Å². The van der Waals surface area contributed by atoms with Gasteiger partial charge in [0.2, 0.25) is 0 Å². The second-order valence-corrected chi connectivity index (χ2v) is 17.8.